The summed E-state index contributed by atoms with van der Waals surface area (Å²) in [6, 6.07) is 6.42. The summed E-state index contributed by atoms with van der Waals surface area (Å²) in [6.07, 6.45) is 6.92. The van der Waals surface area contributed by atoms with Gasteiger partial charge in [-0.2, -0.15) is 0 Å². The van der Waals surface area contributed by atoms with Crippen LogP contribution in [0.4, 0.5) is 17.3 Å². The Balaban J connectivity index is 1.23. The summed E-state index contributed by atoms with van der Waals surface area (Å²) >= 11 is 1.63. The summed E-state index contributed by atoms with van der Waals surface area (Å²) in [5.74, 6) is 1.70. The van der Waals surface area contributed by atoms with E-state index in [-0.39, 0.29) is 0 Å². The van der Waals surface area contributed by atoms with Gasteiger partial charge in [0.2, 0.25) is 0 Å². The molecule has 2 aliphatic heterocycles. The van der Waals surface area contributed by atoms with Crippen LogP contribution in [-0.4, -0.2) is 73.7 Å². The SMILES string of the molecule is NCCN1CCN(c2ncnc3c2ncn3Cc2ccc3c(c2)Nc2nccnc2S3)CC1. The van der Waals surface area contributed by atoms with Crippen molar-refractivity contribution in [2.75, 3.05) is 49.5 Å². The highest BCUT2D eigenvalue weighted by Crippen LogP contribution is 2.42. The Labute approximate surface area is 195 Å². The second-order valence-corrected chi connectivity index (χ2v) is 9.16. The number of piperazine rings is 1. The number of nitrogens with zero attached hydrogens (tertiary/aromatic N) is 8. The molecule has 0 amide bonds. The second-order valence-electron chi connectivity index (χ2n) is 8.13. The third-order valence-electron chi connectivity index (χ3n) is 6.02. The Morgan fingerprint density at radius 3 is 2.76 bits per heavy atom. The number of fused-ring (bicyclic) bond motifs is 3. The maximum atomic E-state index is 5.70. The zero-order chi connectivity index (χ0) is 22.2. The van der Waals surface area contributed by atoms with Gasteiger partial charge in [0.25, 0.3) is 0 Å². The van der Waals surface area contributed by atoms with Gasteiger partial charge in [-0.05, 0) is 17.7 Å². The van der Waals surface area contributed by atoms with Gasteiger partial charge >= 0.3 is 0 Å². The Kier molecular flexibility index (Phi) is 5.29. The Bertz CT molecular complexity index is 1300. The first-order valence-corrected chi connectivity index (χ1v) is 11.8. The molecular formula is C22H24N10S. The van der Waals surface area contributed by atoms with Crippen LogP contribution in [0.3, 0.4) is 0 Å². The van der Waals surface area contributed by atoms with Crippen LogP contribution < -0.4 is 16.0 Å². The minimum Gasteiger partial charge on any atom is -0.352 e. The van der Waals surface area contributed by atoms with Crippen LogP contribution in [0.15, 0.2) is 53.2 Å². The van der Waals surface area contributed by atoms with Crippen molar-refractivity contribution in [1.82, 2.24) is 34.4 Å². The maximum Gasteiger partial charge on any atom is 0.165 e. The van der Waals surface area contributed by atoms with Gasteiger partial charge in [0.15, 0.2) is 22.8 Å². The van der Waals surface area contributed by atoms with Gasteiger partial charge < -0.3 is 20.5 Å². The fourth-order valence-corrected chi connectivity index (χ4v) is 5.24. The van der Waals surface area contributed by atoms with E-state index < -0.39 is 0 Å². The van der Waals surface area contributed by atoms with Gasteiger partial charge in [-0.3, -0.25) is 4.90 Å². The van der Waals surface area contributed by atoms with Crippen molar-refractivity contribution in [2.45, 2.75) is 16.5 Å². The Morgan fingerprint density at radius 2 is 1.88 bits per heavy atom. The van der Waals surface area contributed by atoms with E-state index in [2.05, 4.69) is 62.8 Å². The number of anilines is 3. The quantitative estimate of drug-likeness (QED) is 0.403. The fraction of sp³-hybridized carbons (Fsp3) is 0.318. The van der Waals surface area contributed by atoms with E-state index in [1.54, 1.807) is 30.5 Å². The van der Waals surface area contributed by atoms with Crippen LogP contribution >= 0.6 is 11.8 Å². The number of aromatic nitrogens is 6. The second kappa shape index (κ2) is 8.58. The molecule has 0 aliphatic carbocycles. The third-order valence-corrected chi connectivity index (χ3v) is 7.09. The highest BCUT2D eigenvalue weighted by Gasteiger charge is 2.22. The molecule has 6 rings (SSSR count). The minimum absolute atomic E-state index is 0.671. The van der Waals surface area contributed by atoms with Crippen LogP contribution in [0.2, 0.25) is 0 Å². The summed E-state index contributed by atoms with van der Waals surface area (Å²) in [5.41, 5.74) is 9.60. The van der Waals surface area contributed by atoms with E-state index >= 15 is 0 Å². The average Bonchev–Trinajstić information content (AvgIpc) is 3.26. The number of nitrogens with one attached hydrogen (secondary N) is 1. The number of rotatable bonds is 5. The van der Waals surface area contributed by atoms with Crippen molar-refractivity contribution < 1.29 is 0 Å². The molecule has 4 aromatic rings. The van der Waals surface area contributed by atoms with Gasteiger partial charge in [0.1, 0.15) is 11.4 Å². The molecule has 1 saturated heterocycles. The molecule has 33 heavy (non-hydrogen) atoms. The van der Waals surface area contributed by atoms with E-state index in [4.69, 9.17) is 5.73 Å². The van der Waals surface area contributed by atoms with E-state index in [0.717, 1.165) is 76.7 Å². The summed E-state index contributed by atoms with van der Waals surface area (Å²) in [6.45, 7) is 6.10. The van der Waals surface area contributed by atoms with Gasteiger partial charge in [-0.25, -0.2) is 24.9 Å². The summed E-state index contributed by atoms with van der Waals surface area (Å²) in [7, 11) is 0. The molecule has 11 heteroatoms. The Morgan fingerprint density at radius 1 is 1.00 bits per heavy atom. The van der Waals surface area contributed by atoms with Gasteiger partial charge in [0.05, 0.1) is 18.6 Å². The van der Waals surface area contributed by atoms with E-state index in [9.17, 15) is 0 Å². The predicted molar refractivity (Wildman–Crippen MR) is 128 cm³/mol. The fourth-order valence-electron chi connectivity index (χ4n) is 4.36. The average molecular weight is 461 g/mol. The lowest BCUT2D eigenvalue weighted by Crippen LogP contribution is -2.48. The van der Waals surface area contributed by atoms with Crippen molar-refractivity contribution >= 4 is 40.2 Å². The molecule has 5 heterocycles. The molecule has 3 N–H and O–H groups in total. The zero-order valence-corrected chi connectivity index (χ0v) is 18.9. The molecule has 3 aromatic heterocycles. The first kappa shape index (κ1) is 20.3. The van der Waals surface area contributed by atoms with Gasteiger partial charge in [0, 0.05) is 56.6 Å². The molecule has 168 valence electrons. The smallest absolute Gasteiger partial charge is 0.165 e. The summed E-state index contributed by atoms with van der Waals surface area (Å²) in [4.78, 5) is 28.4. The van der Waals surface area contributed by atoms with Crippen LogP contribution in [0, 0.1) is 0 Å². The molecule has 0 unspecified atom stereocenters. The van der Waals surface area contributed by atoms with Crippen molar-refractivity contribution in [3.63, 3.8) is 0 Å². The number of hydrogen-bond acceptors (Lipinski definition) is 10. The lowest BCUT2D eigenvalue weighted by molar-refractivity contribution is 0.264. The molecule has 10 nitrogen and oxygen atoms in total. The largest absolute Gasteiger partial charge is 0.352 e. The number of hydrogen-bond donors (Lipinski definition) is 2. The molecule has 0 radical (unpaired) electrons. The molecule has 2 aliphatic rings. The highest BCUT2D eigenvalue weighted by molar-refractivity contribution is 7.99. The van der Waals surface area contributed by atoms with Crippen LogP contribution in [0.5, 0.6) is 0 Å². The van der Waals surface area contributed by atoms with Crippen molar-refractivity contribution in [2.24, 2.45) is 5.73 Å². The normalized spacial score (nSPS) is 15.8. The van der Waals surface area contributed by atoms with E-state index in [0.29, 0.717) is 13.1 Å². The molecular weight excluding hydrogens is 436 g/mol. The maximum absolute atomic E-state index is 5.70. The monoisotopic (exact) mass is 460 g/mol. The zero-order valence-electron chi connectivity index (χ0n) is 18.1. The summed E-state index contributed by atoms with van der Waals surface area (Å²) < 4.78 is 2.08. The molecule has 1 fully saturated rings. The van der Waals surface area contributed by atoms with Crippen LogP contribution in [-0.2, 0) is 6.54 Å². The lowest BCUT2D eigenvalue weighted by Gasteiger charge is -2.35. The molecule has 1 aromatic carbocycles. The van der Waals surface area contributed by atoms with E-state index in [1.165, 1.54) is 0 Å². The van der Waals surface area contributed by atoms with Gasteiger partial charge in [-0.1, -0.05) is 17.8 Å². The molecule has 0 saturated carbocycles. The summed E-state index contributed by atoms with van der Waals surface area (Å²) in [5, 5.41) is 4.29. The highest BCUT2D eigenvalue weighted by atomic mass is 32.2. The molecule has 0 bridgehead atoms. The van der Waals surface area contributed by atoms with Crippen molar-refractivity contribution in [3.8, 4) is 0 Å². The van der Waals surface area contributed by atoms with Gasteiger partial charge in [-0.15, -0.1) is 0 Å². The van der Waals surface area contributed by atoms with Crippen molar-refractivity contribution in [3.05, 3.63) is 48.8 Å². The van der Waals surface area contributed by atoms with Crippen LogP contribution in [0.25, 0.3) is 11.2 Å². The molecule has 0 atom stereocenters. The van der Waals surface area contributed by atoms with Crippen LogP contribution in [0.1, 0.15) is 5.56 Å². The predicted octanol–water partition coefficient (Wildman–Crippen LogP) is 1.95. The standard InChI is InChI=1S/C22H24N10S/c23-3-6-30-7-9-31(10-8-30)20-18-21(27-13-26-20)32(14-28-18)12-15-1-2-17-16(11-15)29-19-22(33-17)25-5-4-24-19/h1-2,4-5,11,13-14H,3,6-10,12,23H2,(H,24,29). The first-order valence-electron chi connectivity index (χ1n) is 11.0. The minimum atomic E-state index is 0.671. The number of benzene rings is 1. The van der Waals surface area contributed by atoms with E-state index in [1.807, 2.05) is 6.33 Å². The number of imidazole rings is 1. The van der Waals surface area contributed by atoms with Crippen molar-refractivity contribution in [1.29, 1.82) is 0 Å². The first-order chi connectivity index (χ1) is 16.3. The third kappa shape index (κ3) is 3.88. The topological polar surface area (TPSA) is 114 Å². The number of nitrogens with two attached hydrogens (primary N) is 1. The Hall–Kier alpha value is -3.28. The lowest BCUT2D eigenvalue weighted by atomic mass is 10.2. The molecule has 0 spiro atoms.